The molecule has 0 aliphatic carbocycles. The van der Waals surface area contributed by atoms with Gasteiger partial charge in [-0.05, 0) is 24.9 Å². The summed E-state index contributed by atoms with van der Waals surface area (Å²) < 4.78 is 5.13. The predicted molar refractivity (Wildman–Crippen MR) is 57.8 cm³/mol. The van der Waals surface area contributed by atoms with Gasteiger partial charge < -0.3 is 15.3 Å². The third-order valence-electron chi connectivity index (χ3n) is 2.63. The van der Waals surface area contributed by atoms with Gasteiger partial charge in [-0.2, -0.15) is 0 Å². The number of rotatable bonds is 3. The van der Waals surface area contributed by atoms with Crippen molar-refractivity contribution in [2.45, 2.75) is 19.3 Å². The van der Waals surface area contributed by atoms with Crippen molar-refractivity contribution in [2.75, 3.05) is 6.54 Å². The molecule has 0 radical (unpaired) electrons. The second-order valence-corrected chi connectivity index (χ2v) is 3.68. The van der Waals surface area contributed by atoms with Crippen molar-refractivity contribution in [1.82, 2.24) is 4.98 Å². The summed E-state index contributed by atoms with van der Waals surface area (Å²) >= 11 is 0. The number of fused-ring (bicyclic) bond motifs is 1. The average molecular weight is 206 g/mol. The molecule has 2 aromatic rings. The summed E-state index contributed by atoms with van der Waals surface area (Å²) in [4.78, 5) is 3.97. The summed E-state index contributed by atoms with van der Waals surface area (Å²) in [5, 5.41) is 9.96. The average Bonchev–Trinajstić information content (AvgIpc) is 2.67. The minimum absolute atomic E-state index is 0.186. The van der Waals surface area contributed by atoms with Gasteiger partial charge >= 0.3 is 0 Å². The van der Waals surface area contributed by atoms with Crippen molar-refractivity contribution in [3.05, 3.63) is 24.1 Å². The van der Waals surface area contributed by atoms with E-state index in [1.807, 2.05) is 19.1 Å². The molecule has 1 aromatic carbocycles. The highest BCUT2D eigenvalue weighted by molar-refractivity contribution is 5.80. The third kappa shape index (κ3) is 1.68. The maximum absolute atomic E-state index is 9.96. The Balaban J connectivity index is 2.47. The number of phenols is 1. The maximum Gasteiger partial charge on any atom is 0.196 e. The Morgan fingerprint density at radius 1 is 1.53 bits per heavy atom. The first-order chi connectivity index (χ1) is 7.24. The molecule has 80 valence electrons. The Labute approximate surface area is 87.7 Å². The Morgan fingerprint density at radius 3 is 3.07 bits per heavy atom. The van der Waals surface area contributed by atoms with Crippen molar-refractivity contribution in [1.29, 1.82) is 0 Å². The zero-order valence-corrected chi connectivity index (χ0v) is 8.60. The molecule has 15 heavy (non-hydrogen) atoms. The minimum Gasteiger partial charge on any atom is -0.504 e. The molecule has 4 nitrogen and oxygen atoms in total. The lowest BCUT2D eigenvalue weighted by Crippen LogP contribution is -2.04. The van der Waals surface area contributed by atoms with Crippen molar-refractivity contribution in [2.24, 2.45) is 5.73 Å². The fourth-order valence-corrected chi connectivity index (χ4v) is 1.73. The fraction of sp³-hybridized carbons (Fsp3) is 0.364. The van der Waals surface area contributed by atoms with Crippen LogP contribution in [0.25, 0.3) is 11.1 Å². The number of nitrogens with two attached hydrogens (primary N) is 1. The number of oxazole rings is 1. The van der Waals surface area contributed by atoms with E-state index in [2.05, 4.69) is 4.98 Å². The first-order valence-electron chi connectivity index (χ1n) is 4.99. The largest absolute Gasteiger partial charge is 0.504 e. The monoisotopic (exact) mass is 206 g/mol. The van der Waals surface area contributed by atoms with E-state index in [4.69, 9.17) is 10.2 Å². The van der Waals surface area contributed by atoms with Crippen LogP contribution < -0.4 is 5.73 Å². The van der Waals surface area contributed by atoms with E-state index in [0.717, 1.165) is 12.0 Å². The molecule has 1 aromatic heterocycles. The first kappa shape index (κ1) is 9.98. The molecule has 0 spiro atoms. The second kappa shape index (κ2) is 3.90. The lowest BCUT2D eigenvalue weighted by atomic mass is 9.96. The van der Waals surface area contributed by atoms with Gasteiger partial charge in [0, 0.05) is 5.56 Å². The summed E-state index contributed by atoms with van der Waals surface area (Å²) in [5.74, 6) is 0.412. The van der Waals surface area contributed by atoms with E-state index < -0.39 is 0 Å². The van der Waals surface area contributed by atoms with Gasteiger partial charge in [0.05, 0.1) is 0 Å². The standard InChI is InChI=1S/C11H14N2O2/c1-7(4-5-12)8-2-3-9-11(10(8)14)15-6-13-9/h2-3,6-7,14H,4-5,12H2,1H3. The van der Waals surface area contributed by atoms with Crippen molar-refractivity contribution in [3.8, 4) is 5.75 Å². The molecule has 0 saturated carbocycles. The fourth-order valence-electron chi connectivity index (χ4n) is 1.73. The molecule has 1 atom stereocenters. The molecule has 4 heteroatoms. The number of phenolic OH excluding ortho intramolecular Hbond substituents is 1. The van der Waals surface area contributed by atoms with Gasteiger partial charge in [0.25, 0.3) is 0 Å². The molecule has 0 fully saturated rings. The van der Waals surface area contributed by atoms with E-state index in [1.54, 1.807) is 0 Å². The lowest BCUT2D eigenvalue weighted by molar-refractivity contribution is 0.451. The number of aromatic nitrogens is 1. The van der Waals surface area contributed by atoms with E-state index >= 15 is 0 Å². The van der Waals surface area contributed by atoms with Gasteiger partial charge in [-0.15, -0.1) is 0 Å². The van der Waals surface area contributed by atoms with E-state index in [-0.39, 0.29) is 11.7 Å². The number of aromatic hydroxyl groups is 1. The maximum atomic E-state index is 9.96. The van der Waals surface area contributed by atoms with Crippen molar-refractivity contribution in [3.63, 3.8) is 0 Å². The second-order valence-electron chi connectivity index (χ2n) is 3.68. The zero-order chi connectivity index (χ0) is 10.8. The molecule has 3 N–H and O–H groups in total. The van der Waals surface area contributed by atoms with Crippen LogP contribution in [0.15, 0.2) is 22.9 Å². The van der Waals surface area contributed by atoms with Crippen molar-refractivity contribution >= 4 is 11.1 Å². The molecule has 0 aliphatic rings. The van der Waals surface area contributed by atoms with E-state index in [0.29, 0.717) is 17.6 Å². The van der Waals surface area contributed by atoms with Crippen molar-refractivity contribution < 1.29 is 9.52 Å². The quantitative estimate of drug-likeness (QED) is 0.805. The Morgan fingerprint density at radius 2 is 2.33 bits per heavy atom. The summed E-state index contributed by atoms with van der Waals surface area (Å²) in [6.45, 7) is 2.64. The van der Waals surface area contributed by atoms with Crippen LogP contribution in [0.2, 0.25) is 0 Å². The Bertz CT molecular complexity index is 465. The van der Waals surface area contributed by atoms with Gasteiger partial charge in [-0.25, -0.2) is 4.98 Å². The van der Waals surface area contributed by atoms with Crippen LogP contribution in [-0.4, -0.2) is 16.6 Å². The molecule has 0 amide bonds. The number of benzene rings is 1. The van der Waals surface area contributed by atoms with Gasteiger partial charge in [0.1, 0.15) is 5.52 Å². The van der Waals surface area contributed by atoms with Crippen LogP contribution in [0, 0.1) is 0 Å². The number of nitrogens with zero attached hydrogens (tertiary/aromatic N) is 1. The smallest absolute Gasteiger partial charge is 0.196 e. The zero-order valence-electron chi connectivity index (χ0n) is 8.60. The molecule has 0 aliphatic heterocycles. The Kier molecular flexibility index (Phi) is 2.60. The first-order valence-corrected chi connectivity index (χ1v) is 4.99. The normalized spacial score (nSPS) is 13.2. The topological polar surface area (TPSA) is 72.3 Å². The third-order valence-corrected chi connectivity index (χ3v) is 2.63. The lowest BCUT2D eigenvalue weighted by Gasteiger charge is -2.11. The van der Waals surface area contributed by atoms with Crippen LogP contribution in [0.1, 0.15) is 24.8 Å². The molecule has 0 saturated heterocycles. The minimum atomic E-state index is 0.186. The highest BCUT2D eigenvalue weighted by Crippen LogP contribution is 2.33. The SMILES string of the molecule is CC(CCN)c1ccc2ncoc2c1O. The van der Waals surface area contributed by atoms with Gasteiger partial charge in [0.15, 0.2) is 17.7 Å². The van der Waals surface area contributed by atoms with Gasteiger partial charge in [-0.1, -0.05) is 13.0 Å². The van der Waals surface area contributed by atoms with E-state index in [9.17, 15) is 5.11 Å². The van der Waals surface area contributed by atoms with Crippen LogP contribution in [-0.2, 0) is 0 Å². The molecular formula is C11H14N2O2. The van der Waals surface area contributed by atoms with Crippen LogP contribution in [0.3, 0.4) is 0 Å². The van der Waals surface area contributed by atoms with Gasteiger partial charge in [-0.3, -0.25) is 0 Å². The summed E-state index contributed by atoms with van der Waals surface area (Å²) in [7, 11) is 0. The van der Waals surface area contributed by atoms with Gasteiger partial charge in [0.2, 0.25) is 0 Å². The summed E-state index contributed by atoms with van der Waals surface area (Å²) in [6.07, 6.45) is 2.18. The summed E-state index contributed by atoms with van der Waals surface area (Å²) in [5.41, 5.74) is 7.49. The molecule has 1 unspecified atom stereocenters. The predicted octanol–water partition coefficient (Wildman–Crippen LogP) is 1.99. The number of hydrogen-bond donors (Lipinski definition) is 2. The van der Waals surface area contributed by atoms with E-state index in [1.165, 1.54) is 6.39 Å². The Hall–Kier alpha value is -1.55. The summed E-state index contributed by atoms with van der Waals surface area (Å²) in [6, 6.07) is 3.72. The molecular weight excluding hydrogens is 192 g/mol. The highest BCUT2D eigenvalue weighted by Gasteiger charge is 2.14. The highest BCUT2D eigenvalue weighted by atomic mass is 16.4. The van der Waals surface area contributed by atoms with Crippen LogP contribution >= 0.6 is 0 Å². The molecule has 0 bridgehead atoms. The van der Waals surface area contributed by atoms with Crippen LogP contribution in [0.5, 0.6) is 5.75 Å². The number of hydrogen-bond acceptors (Lipinski definition) is 4. The molecule has 2 rings (SSSR count). The van der Waals surface area contributed by atoms with Crippen LogP contribution in [0.4, 0.5) is 0 Å². The molecule has 1 heterocycles.